The van der Waals surface area contributed by atoms with Gasteiger partial charge in [0.15, 0.2) is 0 Å². The summed E-state index contributed by atoms with van der Waals surface area (Å²) in [6.45, 7) is 0. The van der Waals surface area contributed by atoms with E-state index in [1.54, 1.807) is 19.1 Å². The molecule has 0 saturated carbocycles. The van der Waals surface area contributed by atoms with Crippen LogP contribution in [0.5, 0.6) is 0 Å². The molecular weight excluding hydrogens is 146 g/mol. The lowest BCUT2D eigenvalue weighted by Crippen LogP contribution is -2.39. The third kappa shape index (κ3) is 1.49. The summed E-state index contributed by atoms with van der Waals surface area (Å²) in [5.74, 6) is 0. The van der Waals surface area contributed by atoms with E-state index in [-0.39, 0.29) is 5.56 Å². The van der Waals surface area contributed by atoms with Gasteiger partial charge >= 0.3 is 5.69 Å². The molecule has 0 aliphatic heterocycles. The highest BCUT2D eigenvalue weighted by Crippen LogP contribution is 1.71. The molecular formula is C6H9N3O2. The van der Waals surface area contributed by atoms with Crippen molar-refractivity contribution in [3.63, 3.8) is 0 Å². The summed E-state index contributed by atoms with van der Waals surface area (Å²) in [4.78, 5) is 23.7. The van der Waals surface area contributed by atoms with E-state index in [1.165, 1.54) is 16.9 Å². The number of nitrogens with one attached hydrogen (secondary N) is 1. The number of hydrogen-bond donors (Lipinski definition) is 1. The van der Waals surface area contributed by atoms with E-state index in [0.29, 0.717) is 0 Å². The summed E-state index contributed by atoms with van der Waals surface area (Å²) in [6, 6.07) is 1.29. The molecule has 1 aromatic heterocycles. The maximum atomic E-state index is 10.9. The maximum Gasteiger partial charge on any atom is 0.347 e. The minimum Gasteiger partial charge on any atom is -0.315 e. The van der Waals surface area contributed by atoms with Gasteiger partial charge in [-0.2, -0.15) is 0 Å². The molecule has 0 aliphatic carbocycles. The fourth-order valence-electron chi connectivity index (χ4n) is 0.725. The number of aromatic nitrogens is 2. The highest BCUT2D eigenvalue weighted by molar-refractivity contribution is 4.86. The Labute approximate surface area is 62.9 Å². The molecule has 0 saturated heterocycles. The second-order valence-electron chi connectivity index (χ2n) is 2.30. The van der Waals surface area contributed by atoms with Crippen LogP contribution in [0.15, 0.2) is 21.9 Å². The molecule has 0 unspecified atom stereocenters. The average molecular weight is 155 g/mol. The molecule has 0 spiro atoms. The molecule has 0 aromatic carbocycles. The average Bonchev–Trinajstić information content (AvgIpc) is 1.85. The SMILES string of the molecule is CN(C)n1ccc(=O)[nH]c1=O. The Balaban J connectivity index is 3.32. The van der Waals surface area contributed by atoms with Gasteiger partial charge in [-0.25, -0.2) is 9.47 Å². The van der Waals surface area contributed by atoms with Crippen molar-refractivity contribution in [1.29, 1.82) is 0 Å². The molecule has 1 N–H and O–H groups in total. The minimum absolute atomic E-state index is 0.381. The van der Waals surface area contributed by atoms with E-state index < -0.39 is 5.69 Å². The van der Waals surface area contributed by atoms with Gasteiger partial charge in [-0.1, -0.05) is 0 Å². The van der Waals surface area contributed by atoms with Gasteiger partial charge in [0.25, 0.3) is 5.56 Å². The first kappa shape index (κ1) is 7.59. The van der Waals surface area contributed by atoms with Crippen LogP contribution in [0.1, 0.15) is 0 Å². The van der Waals surface area contributed by atoms with Crippen LogP contribution in [0.4, 0.5) is 0 Å². The number of aromatic amines is 1. The number of hydrogen-bond acceptors (Lipinski definition) is 3. The first-order valence-electron chi connectivity index (χ1n) is 3.11. The van der Waals surface area contributed by atoms with Crippen molar-refractivity contribution in [3.8, 4) is 0 Å². The van der Waals surface area contributed by atoms with Crippen LogP contribution in [0, 0.1) is 0 Å². The molecule has 0 atom stereocenters. The van der Waals surface area contributed by atoms with Gasteiger partial charge < -0.3 is 5.01 Å². The lowest BCUT2D eigenvalue weighted by molar-refractivity contribution is 0.671. The summed E-state index contributed by atoms with van der Waals surface area (Å²) in [7, 11) is 3.42. The smallest absolute Gasteiger partial charge is 0.315 e. The second-order valence-corrected chi connectivity index (χ2v) is 2.30. The minimum atomic E-state index is -0.428. The van der Waals surface area contributed by atoms with E-state index in [2.05, 4.69) is 4.98 Å². The number of H-pyrrole nitrogens is 1. The monoisotopic (exact) mass is 155 g/mol. The Hall–Kier alpha value is -1.52. The Bertz CT molecular complexity index is 349. The fourth-order valence-corrected chi connectivity index (χ4v) is 0.725. The zero-order chi connectivity index (χ0) is 8.43. The van der Waals surface area contributed by atoms with Crippen molar-refractivity contribution >= 4 is 0 Å². The Morgan fingerprint density at radius 3 is 2.55 bits per heavy atom. The summed E-state index contributed by atoms with van der Waals surface area (Å²) in [5, 5.41) is 1.57. The zero-order valence-electron chi connectivity index (χ0n) is 6.37. The van der Waals surface area contributed by atoms with Gasteiger partial charge in [0, 0.05) is 26.4 Å². The first-order chi connectivity index (χ1) is 5.11. The van der Waals surface area contributed by atoms with Crippen molar-refractivity contribution < 1.29 is 0 Å². The second kappa shape index (κ2) is 2.61. The molecule has 0 radical (unpaired) electrons. The van der Waals surface area contributed by atoms with E-state index in [1.807, 2.05) is 0 Å². The lowest BCUT2D eigenvalue weighted by Gasteiger charge is -2.13. The van der Waals surface area contributed by atoms with Crippen LogP contribution in [-0.4, -0.2) is 23.8 Å². The van der Waals surface area contributed by atoms with Crippen LogP contribution in [0.2, 0.25) is 0 Å². The summed E-state index contributed by atoms with van der Waals surface area (Å²) < 4.78 is 1.29. The molecule has 5 heteroatoms. The molecule has 60 valence electrons. The predicted octanol–water partition coefficient (Wildman–Crippen LogP) is -1.27. The third-order valence-electron chi connectivity index (χ3n) is 1.24. The molecule has 5 nitrogen and oxygen atoms in total. The molecule has 11 heavy (non-hydrogen) atoms. The maximum absolute atomic E-state index is 10.9. The van der Waals surface area contributed by atoms with E-state index in [0.717, 1.165) is 0 Å². The van der Waals surface area contributed by atoms with Crippen LogP contribution in [-0.2, 0) is 0 Å². The van der Waals surface area contributed by atoms with Crippen LogP contribution < -0.4 is 16.3 Å². The Kier molecular flexibility index (Phi) is 1.80. The van der Waals surface area contributed by atoms with Crippen molar-refractivity contribution in [2.45, 2.75) is 0 Å². The first-order valence-corrected chi connectivity index (χ1v) is 3.11. The van der Waals surface area contributed by atoms with Crippen LogP contribution in [0.3, 0.4) is 0 Å². The van der Waals surface area contributed by atoms with E-state index in [4.69, 9.17) is 0 Å². The Morgan fingerprint density at radius 2 is 2.09 bits per heavy atom. The van der Waals surface area contributed by atoms with Crippen molar-refractivity contribution in [2.24, 2.45) is 0 Å². The highest BCUT2D eigenvalue weighted by atomic mass is 16.2. The van der Waals surface area contributed by atoms with Crippen LogP contribution in [0.25, 0.3) is 0 Å². The van der Waals surface area contributed by atoms with Gasteiger partial charge in [0.2, 0.25) is 0 Å². The third-order valence-corrected chi connectivity index (χ3v) is 1.24. The molecule has 0 bridgehead atoms. The lowest BCUT2D eigenvalue weighted by atomic mass is 10.7. The zero-order valence-corrected chi connectivity index (χ0v) is 6.37. The van der Waals surface area contributed by atoms with Gasteiger partial charge in [-0.3, -0.25) is 9.78 Å². The summed E-state index contributed by atoms with van der Waals surface area (Å²) >= 11 is 0. The molecule has 1 rings (SSSR count). The van der Waals surface area contributed by atoms with E-state index in [9.17, 15) is 9.59 Å². The molecule has 1 aromatic rings. The summed E-state index contributed by atoms with van der Waals surface area (Å²) in [6.07, 6.45) is 1.42. The van der Waals surface area contributed by atoms with Crippen molar-refractivity contribution in [1.82, 2.24) is 9.66 Å². The predicted molar refractivity (Wildman–Crippen MR) is 41.4 cm³/mol. The normalized spacial score (nSPS) is 9.64. The van der Waals surface area contributed by atoms with Gasteiger partial charge in [-0.15, -0.1) is 0 Å². The molecule has 0 amide bonds. The Morgan fingerprint density at radius 1 is 1.45 bits per heavy atom. The fraction of sp³-hybridized carbons (Fsp3) is 0.333. The number of nitrogens with zero attached hydrogens (tertiary/aromatic N) is 2. The van der Waals surface area contributed by atoms with Crippen molar-refractivity contribution in [2.75, 3.05) is 19.1 Å². The van der Waals surface area contributed by atoms with Crippen LogP contribution >= 0.6 is 0 Å². The molecule has 1 heterocycles. The topological polar surface area (TPSA) is 58.1 Å². The van der Waals surface area contributed by atoms with E-state index >= 15 is 0 Å². The van der Waals surface area contributed by atoms with Gasteiger partial charge in [0.05, 0.1) is 0 Å². The highest BCUT2D eigenvalue weighted by Gasteiger charge is 1.94. The summed E-state index contributed by atoms with van der Waals surface area (Å²) in [5.41, 5.74) is -0.810. The molecule has 0 aliphatic rings. The van der Waals surface area contributed by atoms with Gasteiger partial charge in [-0.05, 0) is 0 Å². The van der Waals surface area contributed by atoms with Crippen molar-refractivity contribution in [3.05, 3.63) is 33.1 Å². The molecule has 0 fully saturated rings. The quantitative estimate of drug-likeness (QED) is 0.550. The standard InChI is InChI=1S/C6H9N3O2/c1-8(2)9-4-3-5(10)7-6(9)11/h3-4H,1-2H3,(H,7,10,11). The van der Waals surface area contributed by atoms with Gasteiger partial charge in [0.1, 0.15) is 0 Å². The number of rotatable bonds is 1. The largest absolute Gasteiger partial charge is 0.347 e.